The molecule has 0 bridgehead atoms. The smallest absolute Gasteiger partial charge is 0.0754 e. The van der Waals surface area contributed by atoms with Gasteiger partial charge in [0.2, 0.25) is 0 Å². The molecule has 0 radical (unpaired) electrons. The minimum atomic E-state index is -0.516. The Kier molecular flexibility index (Phi) is 8.83. The van der Waals surface area contributed by atoms with E-state index in [1.807, 2.05) is 0 Å². The van der Waals surface area contributed by atoms with E-state index < -0.39 is 10.8 Å². The standard InChI is InChI=1S/C78H48N2/c1-2-19-49(20-3-1)56-21-8-15-34-73(56)79(55-42-44-62-60-25-6-12-30-67(60)77(72(62)48-55)65-28-10-4-22-57(65)58-23-5-11-29-66(58)77)54-41-39-51-45-50(37-38-52(51)46-54)53-40-43-61-59-24-7-13-31-68(59)78(71(61)47-53)69-32-14-17-36-75(69)80-74-35-16-9-26-63(74)64-27-18-33-70(78)76(64)80/h1-48H. The molecule has 13 aromatic carbocycles. The highest BCUT2D eigenvalue weighted by atomic mass is 15.1. The number of anilines is 3. The minimum Gasteiger partial charge on any atom is -0.310 e. The Balaban J connectivity index is 0.812. The molecule has 1 atom stereocenters. The SMILES string of the molecule is c1ccc(-c2ccccc2N(c2ccc3c(c2)C2(c4ccccc4-c4ccccc42)c2ccccc2-3)c2ccc3cc(-c4ccc5c(c4)C4(c6ccccc6-5)c5ccccc5-n5c6ccccc6c6cccc4c65)ccc3c2)cc1. The number of aromatic nitrogens is 1. The largest absolute Gasteiger partial charge is 0.310 e. The van der Waals surface area contributed by atoms with Gasteiger partial charge in [0.15, 0.2) is 0 Å². The molecule has 0 saturated carbocycles. The summed E-state index contributed by atoms with van der Waals surface area (Å²) in [5, 5.41) is 4.96. The highest BCUT2D eigenvalue weighted by Gasteiger charge is 2.53. The van der Waals surface area contributed by atoms with Crippen LogP contribution in [-0.2, 0) is 10.8 Å². The van der Waals surface area contributed by atoms with Gasteiger partial charge in [-0.15, -0.1) is 0 Å². The molecule has 1 aromatic heterocycles. The van der Waals surface area contributed by atoms with E-state index in [0.29, 0.717) is 0 Å². The summed E-state index contributed by atoms with van der Waals surface area (Å²) in [7, 11) is 0. The van der Waals surface area contributed by atoms with Crippen LogP contribution in [0, 0.1) is 0 Å². The van der Waals surface area contributed by atoms with Gasteiger partial charge in [0.05, 0.1) is 33.2 Å². The number of hydrogen-bond donors (Lipinski definition) is 0. The van der Waals surface area contributed by atoms with Gasteiger partial charge in [-0.2, -0.15) is 0 Å². The Morgan fingerprint density at radius 1 is 0.263 bits per heavy atom. The Morgan fingerprint density at radius 3 is 1.44 bits per heavy atom. The molecule has 2 nitrogen and oxygen atoms in total. The van der Waals surface area contributed by atoms with Gasteiger partial charge in [0, 0.05) is 27.7 Å². The molecule has 2 spiro atoms. The van der Waals surface area contributed by atoms with Crippen molar-refractivity contribution in [2.75, 3.05) is 4.90 Å². The van der Waals surface area contributed by atoms with E-state index in [0.717, 1.165) is 17.1 Å². The monoisotopic (exact) mass is 1010 g/mol. The Bertz CT molecular complexity index is 4920. The number of benzene rings is 13. The van der Waals surface area contributed by atoms with Gasteiger partial charge in [-0.1, -0.05) is 237 Å². The summed E-state index contributed by atoms with van der Waals surface area (Å²) in [6, 6.07) is 110. The molecule has 1 unspecified atom stereocenters. The molecular formula is C78H48N2. The lowest BCUT2D eigenvalue weighted by atomic mass is 9.65. The topological polar surface area (TPSA) is 8.17 Å². The second-order valence-electron chi connectivity index (χ2n) is 22.2. The van der Waals surface area contributed by atoms with Gasteiger partial charge in [-0.25, -0.2) is 0 Å². The summed E-state index contributed by atoms with van der Waals surface area (Å²) in [6.45, 7) is 0. The molecule has 4 aliphatic rings. The van der Waals surface area contributed by atoms with Crippen LogP contribution in [0.1, 0.15) is 44.5 Å². The first-order chi connectivity index (χ1) is 39.7. The maximum absolute atomic E-state index is 2.53. The molecule has 2 heteroatoms. The van der Waals surface area contributed by atoms with E-state index in [1.54, 1.807) is 0 Å². The van der Waals surface area contributed by atoms with Gasteiger partial charge < -0.3 is 9.47 Å². The van der Waals surface area contributed by atoms with Crippen LogP contribution in [0.4, 0.5) is 17.1 Å². The third-order valence-electron chi connectivity index (χ3n) is 18.6. The van der Waals surface area contributed by atoms with Crippen molar-refractivity contribution < 1.29 is 0 Å². The predicted octanol–water partition coefficient (Wildman–Crippen LogP) is 19.8. The molecule has 0 amide bonds. The molecule has 0 saturated heterocycles. The van der Waals surface area contributed by atoms with E-state index in [-0.39, 0.29) is 0 Å². The van der Waals surface area contributed by atoms with Crippen LogP contribution in [0.25, 0.3) is 93.9 Å². The summed E-state index contributed by atoms with van der Waals surface area (Å²) in [5.74, 6) is 0. The fourth-order valence-corrected chi connectivity index (χ4v) is 15.5. The first-order valence-corrected chi connectivity index (χ1v) is 28.0. The molecule has 0 N–H and O–H groups in total. The molecule has 370 valence electrons. The van der Waals surface area contributed by atoms with Crippen LogP contribution in [0.2, 0.25) is 0 Å². The third kappa shape index (κ3) is 5.57. The highest BCUT2D eigenvalue weighted by Crippen LogP contribution is 2.65. The van der Waals surface area contributed by atoms with Crippen LogP contribution in [0.3, 0.4) is 0 Å². The number of nitrogens with zero attached hydrogens (tertiary/aromatic N) is 2. The molecule has 1 aliphatic heterocycles. The molecule has 14 aromatic rings. The van der Waals surface area contributed by atoms with E-state index in [9.17, 15) is 0 Å². The average molecular weight is 1010 g/mol. The summed E-state index contributed by atoms with van der Waals surface area (Å²) in [5.41, 5.74) is 29.4. The second-order valence-corrected chi connectivity index (χ2v) is 22.2. The number of hydrogen-bond acceptors (Lipinski definition) is 1. The second kappa shape index (κ2) is 16.1. The lowest BCUT2D eigenvalue weighted by Gasteiger charge is -2.39. The van der Waals surface area contributed by atoms with Crippen LogP contribution in [0.5, 0.6) is 0 Å². The predicted molar refractivity (Wildman–Crippen MR) is 331 cm³/mol. The summed E-state index contributed by atoms with van der Waals surface area (Å²) >= 11 is 0. The maximum atomic E-state index is 2.53. The van der Waals surface area contributed by atoms with E-state index in [2.05, 4.69) is 301 Å². The van der Waals surface area contributed by atoms with Crippen LogP contribution in [0.15, 0.2) is 291 Å². The Hall–Kier alpha value is -10.3. The van der Waals surface area contributed by atoms with Crippen molar-refractivity contribution in [3.63, 3.8) is 0 Å². The first-order valence-electron chi connectivity index (χ1n) is 28.0. The molecule has 2 heterocycles. The molecular weight excluding hydrogens is 965 g/mol. The molecule has 80 heavy (non-hydrogen) atoms. The zero-order valence-corrected chi connectivity index (χ0v) is 43.6. The van der Waals surface area contributed by atoms with Gasteiger partial charge >= 0.3 is 0 Å². The number of rotatable bonds is 5. The van der Waals surface area contributed by atoms with Crippen molar-refractivity contribution in [1.82, 2.24) is 4.57 Å². The van der Waals surface area contributed by atoms with Crippen LogP contribution < -0.4 is 4.90 Å². The van der Waals surface area contributed by atoms with Gasteiger partial charge in [-0.05, 0) is 160 Å². The van der Waals surface area contributed by atoms with Gasteiger partial charge in [-0.3, -0.25) is 0 Å². The Labute approximate surface area is 464 Å². The number of fused-ring (bicyclic) bond motifs is 23. The molecule has 0 fully saturated rings. The lowest BCUT2D eigenvalue weighted by Crippen LogP contribution is -2.33. The van der Waals surface area contributed by atoms with Crippen molar-refractivity contribution in [3.05, 3.63) is 336 Å². The summed E-state index contributed by atoms with van der Waals surface area (Å²) < 4.78 is 2.53. The fourth-order valence-electron chi connectivity index (χ4n) is 15.5. The molecule has 3 aliphatic carbocycles. The average Bonchev–Trinajstić information content (AvgIpc) is 3.96. The van der Waals surface area contributed by atoms with Gasteiger partial charge in [0.25, 0.3) is 0 Å². The lowest BCUT2D eigenvalue weighted by molar-refractivity contribution is 0.749. The van der Waals surface area contributed by atoms with Crippen molar-refractivity contribution in [2.24, 2.45) is 0 Å². The minimum absolute atomic E-state index is 0.465. The third-order valence-corrected chi connectivity index (χ3v) is 18.6. The van der Waals surface area contributed by atoms with Crippen molar-refractivity contribution >= 4 is 49.6 Å². The fraction of sp³-hybridized carbons (Fsp3) is 0.0256. The van der Waals surface area contributed by atoms with Crippen LogP contribution >= 0.6 is 0 Å². The number of para-hydroxylation sites is 4. The van der Waals surface area contributed by atoms with Gasteiger partial charge in [0.1, 0.15) is 0 Å². The normalized spacial score (nSPS) is 15.2. The Morgan fingerprint density at radius 2 is 0.725 bits per heavy atom. The highest BCUT2D eigenvalue weighted by molar-refractivity contribution is 6.13. The zero-order chi connectivity index (χ0) is 52.3. The van der Waals surface area contributed by atoms with E-state index in [1.165, 1.54) is 138 Å². The summed E-state index contributed by atoms with van der Waals surface area (Å²) in [4.78, 5) is 2.50. The molecule has 18 rings (SSSR count). The quantitative estimate of drug-likeness (QED) is 0.167. The summed E-state index contributed by atoms with van der Waals surface area (Å²) in [6.07, 6.45) is 0. The van der Waals surface area contributed by atoms with E-state index in [4.69, 9.17) is 0 Å². The van der Waals surface area contributed by atoms with E-state index >= 15 is 0 Å². The van der Waals surface area contributed by atoms with Crippen molar-refractivity contribution in [2.45, 2.75) is 10.8 Å². The van der Waals surface area contributed by atoms with Crippen LogP contribution in [-0.4, -0.2) is 4.57 Å². The maximum Gasteiger partial charge on any atom is 0.0754 e. The zero-order valence-electron chi connectivity index (χ0n) is 43.6. The van der Waals surface area contributed by atoms with Crippen molar-refractivity contribution in [1.29, 1.82) is 0 Å². The van der Waals surface area contributed by atoms with Crippen molar-refractivity contribution in [3.8, 4) is 61.3 Å². The first kappa shape index (κ1) is 43.8.